The van der Waals surface area contributed by atoms with E-state index in [1.807, 2.05) is 29.2 Å². The highest BCUT2D eigenvalue weighted by atomic mass is 16.5. The zero-order chi connectivity index (χ0) is 23.4. The summed E-state index contributed by atoms with van der Waals surface area (Å²) in [5, 5.41) is 0. The van der Waals surface area contributed by atoms with E-state index in [1.165, 1.54) is 0 Å². The van der Waals surface area contributed by atoms with E-state index in [2.05, 4.69) is 0 Å². The summed E-state index contributed by atoms with van der Waals surface area (Å²) in [4.78, 5) is 43.6. The Morgan fingerprint density at radius 3 is 2.24 bits per heavy atom. The zero-order valence-corrected chi connectivity index (χ0v) is 19.0. The molecular formula is C25H29N3O5. The highest BCUT2D eigenvalue weighted by Crippen LogP contribution is 2.24. The molecule has 8 nitrogen and oxygen atoms in total. The molecule has 3 amide bonds. The number of ether oxygens (including phenoxy) is 2. The molecule has 2 aliphatic heterocycles. The Morgan fingerprint density at radius 1 is 0.879 bits per heavy atom. The number of benzene rings is 2. The van der Waals surface area contributed by atoms with Gasteiger partial charge in [-0.25, -0.2) is 0 Å². The summed E-state index contributed by atoms with van der Waals surface area (Å²) in [7, 11) is 3.18. The van der Waals surface area contributed by atoms with Crippen molar-refractivity contribution in [1.82, 2.24) is 14.7 Å². The molecule has 2 aliphatic rings. The third-order valence-electron chi connectivity index (χ3n) is 6.43. The summed E-state index contributed by atoms with van der Waals surface area (Å²) in [5.41, 5.74) is 1.49. The van der Waals surface area contributed by atoms with Crippen LogP contribution in [0.2, 0.25) is 0 Å². The SMILES string of the molecule is COc1ccc(C(=O)N2CCC(N3CCN(Cc4ccccc4OC)C(=O)C3=O)CC2)cc1. The molecule has 174 valence electrons. The number of carbonyl (C=O) groups excluding carboxylic acids is 3. The van der Waals surface area contributed by atoms with Crippen LogP contribution in [0.5, 0.6) is 11.5 Å². The van der Waals surface area contributed by atoms with Crippen LogP contribution in [0.1, 0.15) is 28.8 Å². The molecule has 0 atom stereocenters. The number of rotatable bonds is 6. The van der Waals surface area contributed by atoms with Crippen LogP contribution in [0.3, 0.4) is 0 Å². The lowest BCUT2D eigenvalue weighted by atomic mass is 10.0. The minimum atomic E-state index is -0.483. The molecule has 0 saturated carbocycles. The second-order valence-electron chi connectivity index (χ2n) is 8.29. The number of hydrogen-bond donors (Lipinski definition) is 0. The Balaban J connectivity index is 1.33. The molecule has 0 aromatic heterocycles. The van der Waals surface area contributed by atoms with E-state index < -0.39 is 11.8 Å². The number of methoxy groups -OCH3 is 2. The Hall–Kier alpha value is -3.55. The summed E-state index contributed by atoms with van der Waals surface area (Å²) in [6, 6.07) is 14.5. The molecule has 2 aromatic carbocycles. The maximum atomic E-state index is 12.9. The zero-order valence-electron chi connectivity index (χ0n) is 19.0. The van der Waals surface area contributed by atoms with Crippen molar-refractivity contribution in [3.8, 4) is 11.5 Å². The maximum absolute atomic E-state index is 12.9. The lowest BCUT2D eigenvalue weighted by Crippen LogP contribution is -2.59. The first-order valence-corrected chi connectivity index (χ1v) is 11.2. The van der Waals surface area contributed by atoms with Crippen LogP contribution in [0.15, 0.2) is 48.5 Å². The second-order valence-corrected chi connectivity index (χ2v) is 8.29. The van der Waals surface area contributed by atoms with E-state index in [-0.39, 0.29) is 11.9 Å². The number of piperidine rings is 1. The van der Waals surface area contributed by atoms with Crippen molar-refractivity contribution in [2.24, 2.45) is 0 Å². The van der Waals surface area contributed by atoms with Crippen molar-refractivity contribution in [2.75, 3.05) is 40.4 Å². The fourth-order valence-electron chi connectivity index (χ4n) is 4.52. The largest absolute Gasteiger partial charge is 0.497 e. The smallest absolute Gasteiger partial charge is 0.312 e. The predicted molar refractivity (Wildman–Crippen MR) is 122 cm³/mol. The number of hydrogen-bond acceptors (Lipinski definition) is 5. The second kappa shape index (κ2) is 9.94. The van der Waals surface area contributed by atoms with Gasteiger partial charge in [-0.3, -0.25) is 14.4 Å². The van der Waals surface area contributed by atoms with Crippen molar-refractivity contribution in [3.05, 3.63) is 59.7 Å². The van der Waals surface area contributed by atoms with E-state index in [0.717, 1.165) is 5.56 Å². The monoisotopic (exact) mass is 451 g/mol. The fourth-order valence-corrected chi connectivity index (χ4v) is 4.52. The minimum Gasteiger partial charge on any atom is -0.497 e. The Bertz CT molecular complexity index is 1010. The van der Waals surface area contributed by atoms with E-state index in [1.54, 1.807) is 48.3 Å². The van der Waals surface area contributed by atoms with E-state index >= 15 is 0 Å². The molecule has 2 saturated heterocycles. The summed E-state index contributed by atoms with van der Waals surface area (Å²) in [6.07, 6.45) is 1.32. The third-order valence-corrected chi connectivity index (χ3v) is 6.43. The lowest BCUT2D eigenvalue weighted by Gasteiger charge is -2.42. The summed E-state index contributed by atoms with van der Waals surface area (Å²) in [6.45, 7) is 2.43. The van der Waals surface area contributed by atoms with Crippen LogP contribution in [0.25, 0.3) is 0 Å². The predicted octanol–water partition coefficient (Wildman–Crippen LogP) is 2.18. The lowest BCUT2D eigenvalue weighted by molar-refractivity contribution is -0.158. The fraction of sp³-hybridized carbons (Fsp3) is 0.400. The van der Waals surface area contributed by atoms with Gasteiger partial charge >= 0.3 is 11.8 Å². The molecule has 0 spiro atoms. The van der Waals surface area contributed by atoms with Crippen molar-refractivity contribution < 1.29 is 23.9 Å². The maximum Gasteiger partial charge on any atom is 0.312 e. The highest BCUT2D eigenvalue weighted by molar-refractivity contribution is 6.35. The number of likely N-dealkylation sites (tertiary alicyclic amines) is 1. The van der Waals surface area contributed by atoms with Crippen LogP contribution >= 0.6 is 0 Å². The number of carbonyl (C=O) groups is 3. The van der Waals surface area contributed by atoms with Gasteiger partial charge in [0.15, 0.2) is 0 Å². The highest BCUT2D eigenvalue weighted by Gasteiger charge is 2.38. The summed E-state index contributed by atoms with van der Waals surface area (Å²) >= 11 is 0. The molecular weight excluding hydrogens is 422 g/mol. The topological polar surface area (TPSA) is 79.4 Å². The van der Waals surface area contributed by atoms with Gasteiger partial charge in [0, 0.05) is 49.9 Å². The van der Waals surface area contributed by atoms with Crippen molar-refractivity contribution in [2.45, 2.75) is 25.4 Å². The van der Waals surface area contributed by atoms with E-state index in [0.29, 0.717) is 62.6 Å². The van der Waals surface area contributed by atoms with Gasteiger partial charge in [0.1, 0.15) is 11.5 Å². The van der Waals surface area contributed by atoms with Crippen LogP contribution in [0.4, 0.5) is 0 Å². The molecule has 8 heteroatoms. The average Bonchev–Trinajstić information content (AvgIpc) is 2.87. The Labute approximate surface area is 193 Å². The molecule has 0 unspecified atom stereocenters. The molecule has 4 rings (SSSR count). The van der Waals surface area contributed by atoms with Gasteiger partial charge in [0.25, 0.3) is 5.91 Å². The van der Waals surface area contributed by atoms with Crippen molar-refractivity contribution in [3.63, 3.8) is 0 Å². The number of amides is 3. The normalized spacial score (nSPS) is 17.3. The molecule has 0 aliphatic carbocycles. The van der Waals surface area contributed by atoms with Crippen LogP contribution in [-0.4, -0.2) is 78.9 Å². The van der Waals surface area contributed by atoms with Crippen molar-refractivity contribution in [1.29, 1.82) is 0 Å². The quantitative estimate of drug-likeness (QED) is 0.629. The van der Waals surface area contributed by atoms with Gasteiger partial charge in [0.2, 0.25) is 0 Å². The first kappa shape index (κ1) is 22.6. The number of para-hydroxylation sites is 1. The van der Waals surface area contributed by atoms with Gasteiger partial charge < -0.3 is 24.2 Å². The van der Waals surface area contributed by atoms with Crippen LogP contribution in [0, 0.1) is 0 Å². The molecule has 33 heavy (non-hydrogen) atoms. The van der Waals surface area contributed by atoms with Gasteiger partial charge in [0.05, 0.1) is 14.2 Å². The molecule has 0 radical (unpaired) electrons. The van der Waals surface area contributed by atoms with Crippen LogP contribution < -0.4 is 9.47 Å². The van der Waals surface area contributed by atoms with E-state index in [9.17, 15) is 14.4 Å². The van der Waals surface area contributed by atoms with Crippen molar-refractivity contribution >= 4 is 17.7 Å². The van der Waals surface area contributed by atoms with Gasteiger partial charge in [-0.2, -0.15) is 0 Å². The summed E-state index contributed by atoms with van der Waals surface area (Å²) < 4.78 is 10.5. The van der Waals surface area contributed by atoms with Crippen LogP contribution in [-0.2, 0) is 16.1 Å². The molecule has 2 heterocycles. The first-order chi connectivity index (χ1) is 16.0. The molecule has 0 N–H and O–H groups in total. The van der Waals surface area contributed by atoms with E-state index in [4.69, 9.17) is 9.47 Å². The summed E-state index contributed by atoms with van der Waals surface area (Å²) in [5.74, 6) is 0.437. The number of piperazine rings is 1. The number of nitrogens with zero attached hydrogens (tertiary/aromatic N) is 3. The third kappa shape index (κ3) is 4.79. The van der Waals surface area contributed by atoms with Gasteiger partial charge in [-0.1, -0.05) is 18.2 Å². The standard InChI is InChI=1S/C25H29N3O5/c1-32-21-9-7-18(8-10-21)23(29)26-13-11-20(12-14-26)28-16-15-27(24(30)25(28)31)17-19-5-3-4-6-22(19)33-2/h3-10,20H,11-17H2,1-2H3. The Kier molecular flexibility index (Phi) is 6.82. The van der Waals surface area contributed by atoms with Gasteiger partial charge in [-0.05, 0) is 43.2 Å². The molecule has 2 fully saturated rings. The first-order valence-electron chi connectivity index (χ1n) is 11.2. The minimum absolute atomic E-state index is 0.0277. The average molecular weight is 452 g/mol. The molecule has 0 bridgehead atoms. The van der Waals surface area contributed by atoms with Gasteiger partial charge in [-0.15, -0.1) is 0 Å². The Morgan fingerprint density at radius 2 is 1.58 bits per heavy atom. The molecule has 2 aromatic rings.